The van der Waals surface area contributed by atoms with Gasteiger partial charge in [0.15, 0.2) is 0 Å². The second-order valence-corrected chi connectivity index (χ2v) is 5.39. The number of nitrogens with two attached hydrogens (primary N) is 1. The zero-order valence-corrected chi connectivity index (χ0v) is 10.2. The van der Waals surface area contributed by atoms with Gasteiger partial charge >= 0.3 is 0 Å². The van der Waals surface area contributed by atoms with Crippen molar-refractivity contribution in [1.29, 1.82) is 0 Å². The first-order valence-electron chi connectivity index (χ1n) is 4.79. The van der Waals surface area contributed by atoms with Crippen LogP contribution < -0.4 is 5.73 Å². The van der Waals surface area contributed by atoms with Crippen LogP contribution in [0.5, 0.6) is 0 Å². The molecule has 0 radical (unpaired) electrons. The lowest BCUT2D eigenvalue weighted by molar-refractivity contribution is 0.521. The monoisotopic (exact) mass is 273 g/mol. The highest BCUT2D eigenvalue weighted by Gasteiger charge is 2.40. The smallest absolute Gasteiger partial charge is 0.0548 e. The third-order valence-electron chi connectivity index (χ3n) is 2.95. The maximum Gasteiger partial charge on any atom is 0.0548 e. The Hall–Kier alpha value is -0.0500. The van der Waals surface area contributed by atoms with E-state index in [1.165, 1.54) is 18.4 Å². The molecule has 0 saturated heterocycles. The Kier molecular flexibility index (Phi) is 2.87. The minimum atomic E-state index is 0.396. The van der Waals surface area contributed by atoms with Gasteiger partial charge in [0.05, 0.1) is 5.02 Å². The number of hydrogen-bond acceptors (Lipinski definition) is 1. The Bertz CT molecular complexity index is 347. The highest BCUT2D eigenvalue weighted by molar-refractivity contribution is 9.10. The summed E-state index contributed by atoms with van der Waals surface area (Å²) in [6, 6.07) is 6.12. The summed E-state index contributed by atoms with van der Waals surface area (Å²) < 4.78 is 0.976. The molecule has 1 nitrogen and oxygen atoms in total. The summed E-state index contributed by atoms with van der Waals surface area (Å²) in [5, 5.41) is 0.770. The molecule has 76 valence electrons. The molecule has 2 rings (SSSR count). The van der Waals surface area contributed by atoms with Crippen molar-refractivity contribution in [3.8, 4) is 0 Å². The quantitative estimate of drug-likeness (QED) is 0.898. The SMILES string of the molecule is NCC1(Cc2ccc(Cl)c(Br)c2)CC1. The van der Waals surface area contributed by atoms with Crippen molar-refractivity contribution < 1.29 is 0 Å². The van der Waals surface area contributed by atoms with Crippen molar-refractivity contribution in [2.75, 3.05) is 6.54 Å². The largest absolute Gasteiger partial charge is 0.330 e. The fraction of sp³-hybridized carbons (Fsp3) is 0.455. The third-order valence-corrected chi connectivity index (χ3v) is 4.17. The lowest BCUT2D eigenvalue weighted by atomic mass is 9.97. The summed E-state index contributed by atoms with van der Waals surface area (Å²) >= 11 is 9.36. The van der Waals surface area contributed by atoms with Crippen molar-refractivity contribution in [1.82, 2.24) is 0 Å². The van der Waals surface area contributed by atoms with Gasteiger partial charge in [-0.2, -0.15) is 0 Å². The summed E-state index contributed by atoms with van der Waals surface area (Å²) in [6.07, 6.45) is 3.62. The molecule has 1 fully saturated rings. The van der Waals surface area contributed by atoms with E-state index in [1.807, 2.05) is 6.07 Å². The predicted octanol–water partition coefficient (Wildman–Crippen LogP) is 3.38. The highest BCUT2D eigenvalue weighted by Crippen LogP contribution is 2.47. The lowest BCUT2D eigenvalue weighted by Gasteiger charge is -2.12. The molecular weight excluding hydrogens is 261 g/mol. The van der Waals surface area contributed by atoms with Gasteiger partial charge in [-0.1, -0.05) is 17.7 Å². The van der Waals surface area contributed by atoms with Crippen molar-refractivity contribution >= 4 is 27.5 Å². The van der Waals surface area contributed by atoms with E-state index >= 15 is 0 Å². The van der Waals surface area contributed by atoms with Crippen LogP contribution in [0.4, 0.5) is 0 Å². The highest BCUT2D eigenvalue weighted by atomic mass is 79.9. The first-order valence-corrected chi connectivity index (χ1v) is 5.96. The Balaban J connectivity index is 2.14. The number of halogens is 2. The summed E-state index contributed by atoms with van der Waals surface area (Å²) in [5.74, 6) is 0. The van der Waals surface area contributed by atoms with Crippen LogP contribution >= 0.6 is 27.5 Å². The minimum Gasteiger partial charge on any atom is -0.330 e. The van der Waals surface area contributed by atoms with E-state index in [0.717, 1.165) is 22.5 Å². The van der Waals surface area contributed by atoms with Gasteiger partial charge in [0, 0.05) is 4.47 Å². The Morgan fingerprint density at radius 3 is 2.64 bits per heavy atom. The molecule has 0 heterocycles. The molecule has 0 aromatic heterocycles. The molecule has 1 aliphatic rings. The average Bonchev–Trinajstić information content (AvgIpc) is 2.93. The van der Waals surface area contributed by atoms with E-state index < -0.39 is 0 Å². The molecule has 3 heteroatoms. The van der Waals surface area contributed by atoms with Crippen LogP contribution in [0.3, 0.4) is 0 Å². The van der Waals surface area contributed by atoms with Crippen LogP contribution in [0.25, 0.3) is 0 Å². The standard InChI is InChI=1S/C11H13BrClN/c12-9-5-8(1-2-10(9)13)6-11(7-14)3-4-11/h1-2,5H,3-4,6-7,14H2. The molecule has 0 amide bonds. The first kappa shape index (κ1) is 10.5. The Morgan fingerprint density at radius 1 is 1.43 bits per heavy atom. The van der Waals surface area contributed by atoms with Gasteiger partial charge in [0.1, 0.15) is 0 Å². The van der Waals surface area contributed by atoms with Gasteiger partial charge in [-0.05, 0) is 64.8 Å². The van der Waals surface area contributed by atoms with Crippen LogP contribution in [-0.4, -0.2) is 6.54 Å². The molecule has 0 spiro atoms. The molecule has 2 N–H and O–H groups in total. The van der Waals surface area contributed by atoms with E-state index in [4.69, 9.17) is 17.3 Å². The van der Waals surface area contributed by atoms with Gasteiger partial charge in [-0.25, -0.2) is 0 Å². The number of hydrogen-bond donors (Lipinski definition) is 1. The molecule has 1 aromatic carbocycles. The van der Waals surface area contributed by atoms with E-state index in [2.05, 4.69) is 28.1 Å². The van der Waals surface area contributed by atoms with Gasteiger partial charge in [0.25, 0.3) is 0 Å². The maximum atomic E-state index is 5.93. The molecule has 1 aliphatic carbocycles. The summed E-state index contributed by atoms with van der Waals surface area (Å²) in [7, 11) is 0. The Labute approximate surface area is 97.8 Å². The van der Waals surface area contributed by atoms with Gasteiger partial charge in [0.2, 0.25) is 0 Å². The van der Waals surface area contributed by atoms with Crippen molar-refractivity contribution in [3.05, 3.63) is 33.3 Å². The van der Waals surface area contributed by atoms with Crippen LogP contribution in [-0.2, 0) is 6.42 Å². The van der Waals surface area contributed by atoms with Gasteiger partial charge in [-0.3, -0.25) is 0 Å². The zero-order chi connectivity index (χ0) is 10.2. The summed E-state index contributed by atoms with van der Waals surface area (Å²) in [6.45, 7) is 0.799. The molecule has 1 saturated carbocycles. The van der Waals surface area contributed by atoms with E-state index in [-0.39, 0.29) is 0 Å². The van der Waals surface area contributed by atoms with Crippen molar-refractivity contribution in [3.63, 3.8) is 0 Å². The minimum absolute atomic E-state index is 0.396. The molecule has 0 unspecified atom stereocenters. The fourth-order valence-electron chi connectivity index (χ4n) is 1.71. The lowest BCUT2D eigenvalue weighted by Crippen LogP contribution is -2.17. The third kappa shape index (κ3) is 2.13. The van der Waals surface area contributed by atoms with Gasteiger partial charge in [-0.15, -0.1) is 0 Å². The Morgan fingerprint density at radius 2 is 2.14 bits per heavy atom. The van der Waals surface area contributed by atoms with Gasteiger partial charge < -0.3 is 5.73 Å². The van der Waals surface area contributed by atoms with E-state index in [0.29, 0.717) is 5.41 Å². The van der Waals surface area contributed by atoms with Crippen molar-refractivity contribution in [2.24, 2.45) is 11.1 Å². The number of rotatable bonds is 3. The second kappa shape index (κ2) is 3.84. The number of benzene rings is 1. The van der Waals surface area contributed by atoms with Crippen molar-refractivity contribution in [2.45, 2.75) is 19.3 Å². The molecule has 14 heavy (non-hydrogen) atoms. The van der Waals surface area contributed by atoms with Crippen LogP contribution in [0.2, 0.25) is 5.02 Å². The van der Waals surface area contributed by atoms with Crippen LogP contribution in [0.1, 0.15) is 18.4 Å². The molecule has 0 aliphatic heterocycles. The van der Waals surface area contributed by atoms with Crippen LogP contribution in [0, 0.1) is 5.41 Å². The molecule has 0 atom stereocenters. The van der Waals surface area contributed by atoms with E-state index in [1.54, 1.807) is 0 Å². The maximum absolute atomic E-state index is 5.93. The normalized spacial score (nSPS) is 18.2. The zero-order valence-electron chi connectivity index (χ0n) is 7.89. The van der Waals surface area contributed by atoms with E-state index in [9.17, 15) is 0 Å². The molecule has 0 bridgehead atoms. The van der Waals surface area contributed by atoms with Crippen LogP contribution in [0.15, 0.2) is 22.7 Å². The average molecular weight is 275 g/mol. The molecule has 1 aromatic rings. The topological polar surface area (TPSA) is 26.0 Å². The fourth-order valence-corrected chi connectivity index (χ4v) is 2.26. The summed E-state index contributed by atoms with van der Waals surface area (Å²) in [5.41, 5.74) is 7.47. The summed E-state index contributed by atoms with van der Waals surface area (Å²) in [4.78, 5) is 0. The second-order valence-electron chi connectivity index (χ2n) is 4.13. The predicted molar refractivity (Wildman–Crippen MR) is 63.6 cm³/mol. The molecular formula is C11H13BrClN. The first-order chi connectivity index (χ1) is 6.65.